The number of β-amino-alcohol motifs (C(OH)–C–C–N with tert-alkyl or cyclic N) is 1. The first-order valence-electron chi connectivity index (χ1n) is 11.8. The van der Waals surface area contributed by atoms with Gasteiger partial charge in [0.15, 0.2) is 0 Å². The number of nitriles is 1. The summed E-state index contributed by atoms with van der Waals surface area (Å²) < 4.78 is 32.5. The second kappa shape index (κ2) is 11.0. The van der Waals surface area contributed by atoms with E-state index in [1.165, 1.54) is 24.3 Å². The van der Waals surface area contributed by atoms with Gasteiger partial charge >= 0.3 is 0 Å². The number of aliphatic hydroxyl groups excluding tert-OH is 1. The fourth-order valence-corrected chi connectivity index (χ4v) is 4.69. The smallest absolute Gasteiger partial charge is 0.123 e. The van der Waals surface area contributed by atoms with E-state index >= 15 is 0 Å². The minimum atomic E-state index is -1.20. The molecule has 1 aliphatic rings. The first kappa shape index (κ1) is 25.6. The Kier molecular flexibility index (Phi) is 7.85. The van der Waals surface area contributed by atoms with E-state index in [4.69, 9.17) is 9.84 Å². The first-order chi connectivity index (χ1) is 17.3. The van der Waals surface area contributed by atoms with Crippen LogP contribution in [0.3, 0.4) is 0 Å². The number of ether oxygens (including phenoxy) is 1. The maximum atomic E-state index is 13.7. The van der Waals surface area contributed by atoms with Gasteiger partial charge in [-0.1, -0.05) is 24.3 Å². The van der Waals surface area contributed by atoms with E-state index in [9.17, 15) is 19.1 Å². The van der Waals surface area contributed by atoms with Gasteiger partial charge in [-0.3, -0.25) is 4.90 Å². The summed E-state index contributed by atoms with van der Waals surface area (Å²) in [5.41, 5.74) is 1.46. The van der Waals surface area contributed by atoms with Crippen molar-refractivity contribution in [3.63, 3.8) is 0 Å². The average Bonchev–Trinajstić information content (AvgIpc) is 2.88. The molecule has 4 rings (SSSR count). The molecular weight excluding hydrogens is 464 g/mol. The molecule has 0 radical (unpaired) electrons. The summed E-state index contributed by atoms with van der Waals surface area (Å²) in [5.74, 6) is -0.197. The molecule has 0 aromatic heterocycles. The van der Waals surface area contributed by atoms with E-state index in [0.29, 0.717) is 43.1 Å². The Balaban J connectivity index is 1.62. The largest absolute Gasteiger partial charge is 0.491 e. The van der Waals surface area contributed by atoms with Crippen LogP contribution in [0.1, 0.15) is 29.7 Å². The van der Waals surface area contributed by atoms with Crippen molar-refractivity contribution in [2.24, 2.45) is 0 Å². The van der Waals surface area contributed by atoms with Gasteiger partial charge in [-0.05, 0) is 60.5 Å². The molecule has 1 heterocycles. The Morgan fingerprint density at radius 2 is 1.69 bits per heavy atom. The average molecular weight is 494 g/mol. The van der Waals surface area contributed by atoms with Crippen LogP contribution in [0.4, 0.5) is 14.5 Å². The summed E-state index contributed by atoms with van der Waals surface area (Å²) in [6.45, 7) is 3.74. The summed E-state index contributed by atoms with van der Waals surface area (Å²) in [5, 5.41) is 30.0. The number of hydrogen-bond donors (Lipinski definition) is 2. The molecule has 0 spiro atoms. The molecule has 8 heteroatoms. The van der Waals surface area contributed by atoms with Crippen LogP contribution in [-0.2, 0) is 5.60 Å². The van der Waals surface area contributed by atoms with Crippen LogP contribution in [0.15, 0.2) is 66.7 Å². The monoisotopic (exact) mass is 493 g/mol. The van der Waals surface area contributed by atoms with E-state index in [-0.39, 0.29) is 30.9 Å². The molecule has 36 heavy (non-hydrogen) atoms. The predicted molar refractivity (Wildman–Crippen MR) is 133 cm³/mol. The van der Waals surface area contributed by atoms with Gasteiger partial charge in [0, 0.05) is 26.2 Å². The summed E-state index contributed by atoms with van der Waals surface area (Å²) in [6.07, 6.45) is 0. The van der Waals surface area contributed by atoms with Gasteiger partial charge in [0.2, 0.25) is 0 Å². The molecule has 6 nitrogen and oxygen atoms in total. The van der Waals surface area contributed by atoms with Crippen LogP contribution in [0.25, 0.3) is 0 Å². The Hall–Kier alpha value is -3.51. The van der Waals surface area contributed by atoms with Crippen LogP contribution >= 0.6 is 0 Å². The lowest BCUT2D eigenvalue weighted by Crippen LogP contribution is -2.52. The van der Waals surface area contributed by atoms with Crippen molar-refractivity contribution >= 4 is 5.69 Å². The zero-order valence-corrected chi connectivity index (χ0v) is 20.1. The summed E-state index contributed by atoms with van der Waals surface area (Å²) in [7, 11) is 0. The molecule has 0 amide bonds. The SMILES string of the molecule is C[C@@](O)(CN1CCN(c2ccc(OCCO)cc2C#N)[C@H](c2ccc(F)cc2)C1)c1ccc(F)cc1. The van der Waals surface area contributed by atoms with E-state index in [2.05, 4.69) is 15.9 Å². The minimum Gasteiger partial charge on any atom is -0.491 e. The lowest BCUT2D eigenvalue weighted by molar-refractivity contribution is 0.0102. The number of rotatable bonds is 8. The second-order valence-corrected chi connectivity index (χ2v) is 9.14. The van der Waals surface area contributed by atoms with Crippen molar-refractivity contribution in [2.45, 2.75) is 18.6 Å². The molecule has 0 saturated carbocycles. The Bertz CT molecular complexity index is 1210. The van der Waals surface area contributed by atoms with E-state index in [1.807, 2.05) is 6.07 Å². The zero-order valence-electron chi connectivity index (χ0n) is 20.1. The summed E-state index contributed by atoms with van der Waals surface area (Å²) in [4.78, 5) is 4.24. The third-order valence-corrected chi connectivity index (χ3v) is 6.47. The highest BCUT2D eigenvalue weighted by atomic mass is 19.1. The number of aliphatic hydroxyl groups is 2. The van der Waals surface area contributed by atoms with E-state index in [0.717, 1.165) is 11.3 Å². The fraction of sp³-hybridized carbons (Fsp3) is 0.321. The molecule has 1 aliphatic heterocycles. The molecule has 3 aromatic carbocycles. The standard InChI is InChI=1S/C28H29F2N3O3/c1-28(35,22-4-8-24(30)9-5-22)19-32-12-13-33(27(18-32)20-2-6-23(29)7-3-20)26-11-10-25(36-15-14-34)16-21(26)17-31/h2-11,16,27,34-35H,12-15,18-19H2,1H3/t27-,28+/m0/s1. The number of anilines is 1. The molecule has 0 aliphatic carbocycles. The number of nitrogens with zero attached hydrogens (tertiary/aromatic N) is 3. The van der Waals surface area contributed by atoms with Crippen LogP contribution < -0.4 is 9.64 Å². The van der Waals surface area contributed by atoms with Crippen molar-refractivity contribution in [1.82, 2.24) is 4.90 Å². The normalized spacial score (nSPS) is 17.9. The quantitative estimate of drug-likeness (QED) is 0.494. The van der Waals surface area contributed by atoms with Gasteiger partial charge in [0.25, 0.3) is 0 Å². The molecule has 2 atom stereocenters. The topological polar surface area (TPSA) is 80.0 Å². The Morgan fingerprint density at radius 1 is 1.03 bits per heavy atom. The summed E-state index contributed by atoms with van der Waals surface area (Å²) in [6, 6.07) is 19.4. The van der Waals surface area contributed by atoms with Gasteiger partial charge in [-0.15, -0.1) is 0 Å². The van der Waals surface area contributed by atoms with Gasteiger partial charge in [0.05, 0.1) is 29.5 Å². The van der Waals surface area contributed by atoms with Gasteiger partial charge in [0.1, 0.15) is 30.1 Å². The van der Waals surface area contributed by atoms with Crippen molar-refractivity contribution in [2.75, 3.05) is 44.3 Å². The number of piperazine rings is 1. The highest BCUT2D eigenvalue weighted by molar-refractivity contribution is 5.63. The maximum Gasteiger partial charge on any atom is 0.123 e. The first-order valence-corrected chi connectivity index (χ1v) is 11.8. The minimum absolute atomic E-state index is 0.125. The molecule has 1 saturated heterocycles. The molecule has 0 unspecified atom stereocenters. The predicted octanol–water partition coefficient (Wildman–Crippen LogP) is 3.98. The molecule has 2 N–H and O–H groups in total. The molecule has 0 bridgehead atoms. The van der Waals surface area contributed by atoms with Crippen LogP contribution in [0.2, 0.25) is 0 Å². The number of halogens is 2. The van der Waals surface area contributed by atoms with Crippen molar-refractivity contribution in [3.05, 3.63) is 95.1 Å². The van der Waals surface area contributed by atoms with Gasteiger partial charge in [-0.25, -0.2) is 8.78 Å². The second-order valence-electron chi connectivity index (χ2n) is 9.14. The number of benzene rings is 3. The number of hydrogen-bond acceptors (Lipinski definition) is 6. The molecule has 188 valence electrons. The van der Waals surface area contributed by atoms with E-state index < -0.39 is 5.60 Å². The Morgan fingerprint density at radius 3 is 2.33 bits per heavy atom. The maximum absolute atomic E-state index is 13.7. The molecular formula is C28H29F2N3O3. The zero-order chi connectivity index (χ0) is 25.7. The third kappa shape index (κ3) is 5.82. The van der Waals surface area contributed by atoms with Gasteiger partial charge < -0.3 is 19.8 Å². The van der Waals surface area contributed by atoms with Crippen molar-refractivity contribution in [1.29, 1.82) is 5.26 Å². The fourth-order valence-electron chi connectivity index (χ4n) is 4.69. The van der Waals surface area contributed by atoms with Crippen molar-refractivity contribution in [3.8, 4) is 11.8 Å². The van der Waals surface area contributed by atoms with Crippen LogP contribution in [0.5, 0.6) is 5.75 Å². The van der Waals surface area contributed by atoms with E-state index in [1.54, 1.807) is 43.3 Å². The van der Waals surface area contributed by atoms with Crippen LogP contribution in [-0.4, -0.2) is 54.5 Å². The van der Waals surface area contributed by atoms with Gasteiger partial charge in [-0.2, -0.15) is 5.26 Å². The summed E-state index contributed by atoms with van der Waals surface area (Å²) >= 11 is 0. The highest BCUT2D eigenvalue weighted by Crippen LogP contribution is 2.35. The highest BCUT2D eigenvalue weighted by Gasteiger charge is 2.34. The lowest BCUT2D eigenvalue weighted by atomic mass is 9.93. The Labute approximate surface area is 209 Å². The lowest BCUT2D eigenvalue weighted by Gasteiger charge is -2.45. The van der Waals surface area contributed by atoms with Crippen molar-refractivity contribution < 1.29 is 23.7 Å². The third-order valence-electron chi connectivity index (χ3n) is 6.47. The molecule has 3 aromatic rings. The molecule has 1 fully saturated rings. The van der Waals surface area contributed by atoms with Crippen LogP contribution in [0, 0.1) is 23.0 Å².